The van der Waals surface area contributed by atoms with E-state index in [2.05, 4.69) is 15.0 Å². The van der Waals surface area contributed by atoms with Crippen LogP contribution in [0.4, 0.5) is 4.39 Å². The van der Waals surface area contributed by atoms with Crippen LogP contribution in [0.2, 0.25) is 0 Å². The van der Waals surface area contributed by atoms with Crippen LogP contribution in [-0.2, 0) is 4.74 Å². The van der Waals surface area contributed by atoms with Crippen LogP contribution in [0.25, 0.3) is 4.96 Å². The summed E-state index contributed by atoms with van der Waals surface area (Å²) in [5, 5.41) is 14.9. The van der Waals surface area contributed by atoms with Gasteiger partial charge in [0.1, 0.15) is 11.6 Å². The van der Waals surface area contributed by atoms with Crippen LogP contribution in [0, 0.1) is 12.7 Å². The minimum absolute atomic E-state index is 0.0939. The van der Waals surface area contributed by atoms with Gasteiger partial charge < -0.3 is 9.84 Å². The Morgan fingerprint density at radius 1 is 1.25 bits per heavy atom. The average molecular weight is 348 g/mol. The van der Waals surface area contributed by atoms with Gasteiger partial charge in [-0.15, -0.1) is 5.10 Å². The van der Waals surface area contributed by atoms with Crippen LogP contribution >= 0.6 is 11.3 Å². The predicted molar refractivity (Wildman–Crippen MR) is 87.9 cm³/mol. The maximum absolute atomic E-state index is 13.3. The molecule has 126 valence electrons. The maximum Gasteiger partial charge on any atom is 0.230 e. The summed E-state index contributed by atoms with van der Waals surface area (Å²) >= 11 is 1.41. The number of aromatic nitrogens is 3. The lowest BCUT2D eigenvalue weighted by atomic mass is 10.0. The highest BCUT2D eigenvalue weighted by Gasteiger charge is 2.30. The Hall–Kier alpha value is -2.03. The van der Waals surface area contributed by atoms with Gasteiger partial charge in [-0.05, 0) is 24.6 Å². The summed E-state index contributed by atoms with van der Waals surface area (Å²) in [6.45, 7) is 4.55. The highest BCUT2D eigenvalue weighted by atomic mass is 32.1. The Bertz CT molecular complexity index is 855. The van der Waals surface area contributed by atoms with Gasteiger partial charge in [0.2, 0.25) is 10.8 Å². The van der Waals surface area contributed by atoms with Crippen molar-refractivity contribution in [3.63, 3.8) is 0 Å². The first-order chi connectivity index (χ1) is 11.6. The van der Waals surface area contributed by atoms with E-state index in [9.17, 15) is 9.50 Å². The predicted octanol–water partition coefficient (Wildman–Crippen LogP) is 2.37. The topological polar surface area (TPSA) is 62.9 Å². The highest BCUT2D eigenvalue weighted by Crippen LogP contribution is 2.40. The van der Waals surface area contributed by atoms with Crippen molar-refractivity contribution in [1.29, 1.82) is 0 Å². The van der Waals surface area contributed by atoms with Gasteiger partial charge in [0.15, 0.2) is 0 Å². The van der Waals surface area contributed by atoms with Gasteiger partial charge in [-0.3, -0.25) is 4.90 Å². The smallest absolute Gasteiger partial charge is 0.230 e. The van der Waals surface area contributed by atoms with E-state index in [0.717, 1.165) is 23.5 Å². The quantitative estimate of drug-likeness (QED) is 0.787. The first-order valence-electron chi connectivity index (χ1n) is 7.76. The van der Waals surface area contributed by atoms with Gasteiger partial charge in [0, 0.05) is 13.1 Å². The average Bonchev–Trinajstić information content (AvgIpc) is 3.09. The molecule has 0 radical (unpaired) electrons. The number of nitrogens with zero attached hydrogens (tertiary/aromatic N) is 4. The molecule has 3 heterocycles. The van der Waals surface area contributed by atoms with Crippen molar-refractivity contribution in [3.8, 4) is 5.88 Å². The van der Waals surface area contributed by atoms with Gasteiger partial charge in [-0.1, -0.05) is 23.5 Å². The molecular formula is C16H17FN4O2S. The van der Waals surface area contributed by atoms with E-state index in [0.29, 0.717) is 24.0 Å². The minimum Gasteiger partial charge on any atom is -0.492 e. The molecule has 0 amide bonds. The number of benzene rings is 1. The highest BCUT2D eigenvalue weighted by molar-refractivity contribution is 7.17. The Balaban J connectivity index is 1.82. The zero-order chi connectivity index (χ0) is 16.7. The molecule has 0 unspecified atom stereocenters. The van der Waals surface area contributed by atoms with E-state index < -0.39 is 0 Å². The Kier molecular flexibility index (Phi) is 3.95. The molecule has 3 aromatic rings. The van der Waals surface area contributed by atoms with Gasteiger partial charge >= 0.3 is 0 Å². The van der Waals surface area contributed by atoms with Crippen LogP contribution < -0.4 is 0 Å². The number of aromatic hydroxyl groups is 1. The summed E-state index contributed by atoms with van der Waals surface area (Å²) in [6, 6.07) is 6.23. The van der Waals surface area contributed by atoms with Crippen molar-refractivity contribution in [2.24, 2.45) is 0 Å². The van der Waals surface area contributed by atoms with E-state index in [1.54, 1.807) is 19.1 Å². The molecule has 4 rings (SSSR count). The standard InChI is InChI=1S/C16H17FN4O2S/c1-10-18-16-21(19-10)15(22)14(24-16)13(20-6-8-23-9-7-20)11-2-4-12(17)5-3-11/h2-5,13,22H,6-9H2,1H3/t13-/m1/s1. The maximum atomic E-state index is 13.3. The van der Waals surface area contributed by atoms with Gasteiger partial charge in [-0.2, -0.15) is 4.52 Å². The molecule has 0 bridgehead atoms. The van der Waals surface area contributed by atoms with E-state index >= 15 is 0 Å². The lowest BCUT2D eigenvalue weighted by molar-refractivity contribution is 0.0241. The van der Waals surface area contributed by atoms with Crippen molar-refractivity contribution in [2.45, 2.75) is 13.0 Å². The molecule has 1 aromatic carbocycles. The fraction of sp³-hybridized carbons (Fsp3) is 0.375. The van der Waals surface area contributed by atoms with Crippen LogP contribution in [0.15, 0.2) is 24.3 Å². The molecule has 2 aromatic heterocycles. The molecule has 0 saturated carbocycles. The van der Waals surface area contributed by atoms with E-state index in [4.69, 9.17) is 4.74 Å². The first-order valence-corrected chi connectivity index (χ1v) is 8.57. The summed E-state index contributed by atoms with van der Waals surface area (Å²) in [5.74, 6) is 0.436. The van der Waals surface area contributed by atoms with Gasteiger partial charge in [0.05, 0.1) is 24.1 Å². The number of thiazole rings is 1. The van der Waals surface area contributed by atoms with Crippen molar-refractivity contribution in [3.05, 3.63) is 46.3 Å². The van der Waals surface area contributed by atoms with Crippen molar-refractivity contribution in [1.82, 2.24) is 19.5 Å². The molecule has 8 heteroatoms. The number of rotatable bonds is 3. The number of hydrogen-bond acceptors (Lipinski definition) is 6. The number of halogens is 1. The Morgan fingerprint density at radius 2 is 1.96 bits per heavy atom. The molecule has 1 aliphatic heterocycles. The number of morpholine rings is 1. The minimum atomic E-state index is -0.276. The molecular weight excluding hydrogens is 331 g/mol. The molecule has 1 aliphatic rings. The second kappa shape index (κ2) is 6.12. The second-order valence-electron chi connectivity index (χ2n) is 5.75. The van der Waals surface area contributed by atoms with E-state index in [1.807, 2.05) is 0 Å². The molecule has 0 aliphatic carbocycles. The fourth-order valence-corrected chi connectivity index (χ4v) is 4.20. The lowest BCUT2D eigenvalue weighted by Gasteiger charge is -2.34. The molecule has 24 heavy (non-hydrogen) atoms. The number of ether oxygens (including phenoxy) is 1. The van der Waals surface area contributed by atoms with Crippen molar-refractivity contribution >= 4 is 16.3 Å². The number of aryl methyl sites for hydroxylation is 1. The van der Waals surface area contributed by atoms with Crippen molar-refractivity contribution in [2.75, 3.05) is 26.3 Å². The van der Waals surface area contributed by atoms with Gasteiger partial charge in [0.25, 0.3) is 0 Å². The largest absolute Gasteiger partial charge is 0.492 e. The monoisotopic (exact) mass is 348 g/mol. The summed E-state index contributed by atoms with van der Waals surface area (Å²) < 4.78 is 20.2. The number of fused-ring (bicyclic) bond motifs is 1. The van der Waals surface area contributed by atoms with Crippen molar-refractivity contribution < 1.29 is 14.2 Å². The van der Waals surface area contributed by atoms with E-state index in [-0.39, 0.29) is 17.7 Å². The molecule has 1 N–H and O–H groups in total. The van der Waals surface area contributed by atoms with Crippen LogP contribution in [0.5, 0.6) is 5.88 Å². The fourth-order valence-electron chi connectivity index (χ4n) is 3.03. The molecule has 1 saturated heterocycles. The molecule has 1 fully saturated rings. The Labute approximate surface area is 142 Å². The summed E-state index contributed by atoms with van der Waals surface area (Å²) in [7, 11) is 0. The summed E-state index contributed by atoms with van der Waals surface area (Å²) in [4.78, 5) is 7.98. The zero-order valence-electron chi connectivity index (χ0n) is 13.1. The lowest BCUT2D eigenvalue weighted by Crippen LogP contribution is -2.39. The molecule has 0 spiro atoms. The van der Waals surface area contributed by atoms with E-state index in [1.165, 1.54) is 28.0 Å². The third-order valence-electron chi connectivity index (χ3n) is 4.15. The normalized spacial score (nSPS) is 17.4. The van der Waals surface area contributed by atoms with Gasteiger partial charge in [-0.25, -0.2) is 9.37 Å². The van der Waals surface area contributed by atoms with Crippen LogP contribution in [0.3, 0.4) is 0 Å². The zero-order valence-corrected chi connectivity index (χ0v) is 14.0. The second-order valence-corrected chi connectivity index (χ2v) is 6.75. The van der Waals surface area contributed by atoms with Crippen LogP contribution in [-0.4, -0.2) is 50.9 Å². The third-order valence-corrected chi connectivity index (χ3v) is 5.22. The number of hydrogen-bond donors (Lipinski definition) is 1. The summed E-state index contributed by atoms with van der Waals surface area (Å²) in [5.41, 5.74) is 0.926. The molecule has 6 nitrogen and oxygen atoms in total. The van der Waals surface area contributed by atoms with Crippen LogP contribution in [0.1, 0.15) is 22.3 Å². The SMILES string of the molecule is Cc1nc2sc([C@@H](c3ccc(F)cc3)N3CCOCC3)c(O)n2n1. The first kappa shape index (κ1) is 15.5. The Morgan fingerprint density at radius 3 is 2.62 bits per heavy atom. The summed E-state index contributed by atoms with van der Waals surface area (Å²) in [6.07, 6.45) is 0. The third kappa shape index (κ3) is 2.66. The molecule has 1 atom stereocenters.